The summed E-state index contributed by atoms with van der Waals surface area (Å²) in [5.41, 5.74) is 7.12. The highest BCUT2D eigenvalue weighted by atomic mass is 35.5. The van der Waals surface area contributed by atoms with Gasteiger partial charge >= 0.3 is 0 Å². The summed E-state index contributed by atoms with van der Waals surface area (Å²) in [7, 11) is 0. The zero-order valence-electron chi connectivity index (χ0n) is 17.3. The van der Waals surface area contributed by atoms with Gasteiger partial charge in [-0.2, -0.15) is 0 Å². The van der Waals surface area contributed by atoms with Crippen LogP contribution in [0.25, 0.3) is 0 Å². The fourth-order valence-electron chi connectivity index (χ4n) is 4.83. The molecule has 2 nitrogen and oxygen atoms in total. The van der Waals surface area contributed by atoms with Crippen LogP contribution in [0.2, 0.25) is 5.02 Å². The van der Waals surface area contributed by atoms with E-state index in [2.05, 4.69) is 27.7 Å². The Morgan fingerprint density at radius 3 is 2.44 bits per heavy atom. The maximum absolute atomic E-state index is 12.7. The first-order chi connectivity index (χ1) is 12.7. The SMILES string of the molecule is CCCC(=O)C1=CCC(c2c(C)c(C)c3c(c2Cl)CC(C)(CC)C3)CC1=O. The van der Waals surface area contributed by atoms with Gasteiger partial charge in [0.25, 0.3) is 0 Å². The van der Waals surface area contributed by atoms with Crippen LogP contribution in [-0.4, -0.2) is 11.6 Å². The maximum atomic E-state index is 12.7. The van der Waals surface area contributed by atoms with E-state index in [1.165, 1.54) is 22.3 Å². The van der Waals surface area contributed by atoms with E-state index in [4.69, 9.17) is 11.6 Å². The first kappa shape index (κ1) is 20.3. The Labute approximate surface area is 168 Å². The number of carbonyl (C=O) groups is 2. The molecule has 2 unspecified atom stereocenters. The standard InChI is InChI=1S/C24H31ClO2/c1-6-8-20(26)17-10-9-16(11-21(17)27)22-15(4)14(3)18-12-24(5,7-2)13-19(18)23(22)25/h10,16H,6-9,11-13H2,1-5H3. The predicted octanol–water partition coefficient (Wildman–Crippen LogP) is 6.21. The molecule has 0 heterocycles. The first-order valence-electron chi connectivity index (χ1n) is 10.3. The summed E-state index contributed by atoms with van der Waals surface area (Å²) >= 11 is 6.95. The minimum absolute atomic E-state index is 0.00684. The van der Waals surface area contributed by atoms with Gasteiger partial charge in [0.1, 0.15) is 0 Å². The van der Waals surface area contributed by atoms with Crippen molar-refractivity contribution in [2.45, 2.75) is 85.5 Å². The zero-order chi connectivity index (χ0) is 19.9. The molecule has 3 rings (SSSR count). The van der Waals surface area contributed by atoms with E-state index in [1.807, 2.05) is 13.0 Å². The van der Waals surface area contributed by atoms with E-state index >= 15 is 0 Å². The summed E-state index contributed by atoms with van der Waals surface area (Å²) in [5, 5.41) is 0.875. The van der Waals surface area contributed by atoms with Crippen molar-refractivity contribution in [3.05, 3.63) is 44.5 Å². The van der Waals surface area contributed by atoms with Crippen molar-refractivity contribution in [3.8, 4) is 0 Å². The summed E-state index contributed by atoms with van der Waals surface area (Å²) in [5.74, 6) is 0.0602. The lowest BCUT2D eigenvalue weighted by Crippen LogP contribution is -2.21. The van der Waals surface area contributed by atoms with Crippen molar-refractivity contribution in [2.75, 3.05) is 0 Å². The molecule has 0 saturated heterocycles. The number of halogens is 1. The van der Waals surface area contributed by atoms with Crippen LogP contribution in [-0.2, 0) is 22.4 Å². The summed E-state index contributed by atoms with van der Waals surface area (Å²) < 4.78 is 0. The molecule has 1 aromatic rings. The second kappa shape index (κ2) is 7.54. The second-order valence-electron chi connectivity index (χ2n) is 8.80. The van der Waals surface area contributed by atoms with E-state index < -0.39 is 0 Å². The number of hydrogen-bond donors (Lipinski definition) is 0. The Balaban J connectivity index is 1.98. The number of ketones is 2. The molecule has 1 aromatic carbocycles. The van der Waals surface area contributed by atoms with Crippen LogP contribution in [0, 0.1) is 19.3 Å². The predicted molar refractivity (Wildman–Crippen MR) is 112 cm³/mol. The Morgan fingerprint density at radius 2 is 1.85 bits per heavy atom. The quantitative estimate of drug-likeness (QED) is 0.563. The summed E-state index contributed by atoms with van der Waals surface area (Å²) in [6.45, 7) is 10.9. The van der Waals surface area contributed by atoms with Gasteiger partial charge < -0.3 is 0 Å². The number of rotatable bonds is 5. The minimum atomic E-state index is -0.0169. The fourth-order valence-corrected chi connectivity index (χ4v) is 5.31. The Kier molecular flexibility index (Phi) is 5.68. The van der Waals surface area contributed by atoms with Crippen LogP contribution in [0.3, 0.4) is 0 Å². The normalized spacial score (nSPS) is 24.7. The molecule has 0 amide bonds. The highest BCUT2D eigenvalue weighted by Crippen LogP contribution is 2.48. The fraction of sp³-hybridized carbons (Fsp3) is 0.583. The van der Waals surface area contributed by atoms with E-state index in [-0.39, 0.29) is 22.9 Å². The monoisotopic (exact) mass is 386 g/mol. The Hall–Kier alpha value is -1.41. The van der Waals surface area contributed by atoms with E-state index in [0.29, 0.717) is 18.4 Å². The Bertz CT molecular complexity index is 834. The van der Waals surface area contributed by atoms with Gasteiger partial charge in [-0.25, -0.2) is 0 Å². The van der Waals surface area contributed by atoms with Crippen molar-refractivity contribution in [1.29, 1.82) is 0 Å². The number of carbonyl (C=O) groups excluding carboxylic acids is 2. The molecule has 0 N–H and O–H groups in total. The average Bonchev–Trinajstić information content (AvgIpc) is 2.99. The first-order valence-corrected chi connectivity index (χ1v) is 10.7. The number of benzene rings is 1. The van der Waals surface area contributed by atoms with Crippen molar-refractivity contribution in [1.82, 2.24) is 0 Å². The molecule has 2 aliphatic rings. The lowest BCUT2D eigenvalue weighted by molar-refractivity contribution is -0.122. The molecule has 3 heteroatoms. The Morgan fingerprint density at radius 1 is 1.19 bits per heavy atom. The summed E-state index contributed by atoms with van der Waals surface area (Å²) in [4.78, 5) is 24.8. The zero-order valence-corrected chi connectivity index (χ0v) is 18.1. The molecule has 0 radical (unpaired) electrons. The molecule has 0 spiro atoms. The molecule has 0 aliphatic heterocycles. The number of fused-ring (bicyclic) bond motifs is 1. The van der Waals surface area contributed by atoms with Crippen molar-refractivity contribution < 1.29 is 9.59 Å². The summed E-state index contributed by atoms with van der Waals surface area (Å²) in [6.07, 6.45) is 7.45. The molecule has 2 atom stereocenters. The van der Waals surface area contributed by atoms with Gasteiger partial charge in [0, 0.05) is 17.9 Å². The van der Waals surface area contributed by atoms with Crippen LogP contribution in [0.15, 0.2) is 11.6 Å². The second-order valence-corrected chi connectivity index (χ2v) is 9.18. The maximum Gasteiger partial charge on any atom is 0.166 e. The van der Waals surface area contributed by atoms with Gasteiger partial charge in [0.2, 0.25) is 0 Å². The largest absolute Gasteiger partial charge is 0.294 e. The van der Waals surface area contributed by atoms with Gasteiger partial charge in [-0.3, -0.25) is 9.59 Å². The molecule has 146 valence electrons. The lowest BCUT2D eigenvalue weighted by Gasteiger charge is -2.26. The van der Waals surface area contributed by atoms with Crippen molar-refractivity contribution in [2.24, 2.45) is 5.41 Å². The third-order valence-electron chi connectivity index (χ3n) is 6.87. The lowest BCUT2D eigenvalue weighted by atomic mass is 9.78. The molecule has 27 heavy (non-hydrogen) atoms. The molecule has 0 bridgehead atoms. The van der Waals surface area contributed by atoms with E-state index in [0.717, 1.165) is 42.7 Å². The highest BCUT2D eigenvalue weighted by Gasteiger charge is 2.37. The van der Waals surface area contributed by atoms with E-state index in [1.54, 1.807) is 0 Å². The minimum Gasteiger partial charge on any atom is -0.294 e. The topological polar surface area (TPSA) is 34.1 Å². The van der Waals surface area contributed by atoms with E-state index in [9.17, 15) is 9.59 Å². The number of Topliss-reactive ketones (excluding diaryl/α,β-unsaturated/α-hetero) is 2. The summed E-state index contributed by atoms with van der Waals surface area (Å²) in [6, 6.07) is 0. The van der Waals surface area contributed by atoms with Crippen LogP contribution >= 0.6 is 11.6 Å². The van der Waals surface area contributed by atoms with Gasteiger partial charge in [-0.05, 0) is 78.7 Å². The van der Waals surface area contributed by atoms with Gasteiger partial charge in [-0.1, -0.05) is 44.9 Å². The van der Waals surface area contributed by atoms with Gasteiger partial charge in [0.05, 0.1) is 5.57 Å². The molecule has 0 saturated carbocycles. The number of allylic oxidation sites excluding steroid dienone is 2. The molecular formula is C24H31ClO2. The van der Waals surface area contributed by atoms with Crippen LogP contribution < -0.4 is 0 Å². The third kappa shape index (κ3) is 3.53. The molecule has 0 fully saturated rings. The van der Waals surface area contributed by atoms with Crippen molar-refractivity contribution in [3.63, 3.8) is 0 Å². The molecule has 2 aliphatic carbocycles. The number of hydrogen-bond acceptors (Lipinski definition) is 2. The van der Waals surface area contributed by atoms with Crippen LogP contribution in [0.4, 0.5) is 0 Å². The molecule has 0 aromatic heterocycles. The van der Waals surface area contributed by atoms with Crippen LogP contribution in [0.5, 0.6) is 0 Å². The molecular weight excluding hydrogens is 356 g/mol. The van der Waals surface area contributed by atoms with Gasteiger partial charge in [-0.15, -0.1) is 0 Å². The van der Waals surface area contributed by atoms with Crippen molar-refractivity contribution >= 4 is 23.2 Å². The smallest absolute Gasteiger partial charge is 0.166 e. The average molecular weight is 387 g/mol. The van der Waals surface area contributed by atoms with Gasteiger partial charge in [0.15, 0.2) is 11.6 Å². The van der Waals surface area contributed by atoms with Crippen LogP contribution in [0.1, 0.15) is 86.6 Å². The third-order valence-corrected chi connectivity index (χ3v) is 7.30. The highest BCUT2D eigenvalue weighted by molar-refractivity contribution is 6.32.